The molecule has 0 aliphatic heterocycles. The van der Waals surface area contributed by atoms with Crippen molar-refractivity contribution in [3.05, 3.63) is 188 Å². The van der Waals surface area contributed by atoms with Gasteiger partial charge in [0.05, 0.1) is 11.0 Å². The van der Waals surface area contributed by atoms with Gasteiger partial charge in [0.25, 0.3) is 0 Å². The van der Waals surface area contributed by atoms with Crippen molar-refractivity contribution in [1.82, 2.24) is 19.5 Å². The highest BCUT2D eigenvalue weighted by molar-refractivity contribution is 7.26. The summed E-state index contributed by atoms with van der Waals surface area (Å²) in [6, 6.07) is 66.1. The molecule has 6 heteroatoms. The first-order valence-electron chi connectivity index (χ1n) is 18.4. The van der Waals surface area contributed by atoms with E-state index in [9.17, 15) is 0 Å². The minimum Gasteiger partial charge on any atom is -0.310 e. The lowest BCUT2D eigenvalue weighted by atomic mass is 10.0. The number of thiophene rings is 1. The Morgan fingerprint density at radius 1 is 0.400 bits per heavy atom. The SMILES string of the molecule is c1ccc(-c2nc(-c3ccccc3)nc(-n3c4ccc(N(c5ccccc5)c5ccccc5)cc4c4ccc5c(ccc6c7ccccc7sc65)c43)n2)cc1. The predicted molar refractivity (Wildman–Crippen MR) is 230 cm³/mol. The van der Waals surface area contributed by atoms with Crippen molar-refractivity contribution in [2.45, 2.75) is 0 Å². The second-order valence-corrected chi connectivity index (χ2v) is 14.7. The normalized spacial score (nSPS) is 11.6. The highest BCUT2D eigenvalue weighted by atomic mass is 32.1. The summed E-state index contributed by atoms with van der Waals surface area (Å²) in [5.74, 6) is 1.83. The first-order valence-corrected chi connectivity index (χ1v) is 19.2. The van der Waals surface area contributed by atoms with Crippen LogP contribution in [0.2, 0.25) is 0 Å². The number of hydrogen-bond acceptors (Lipinski definition) is 5. The monoisotopic (exact) mass is 721 g/mol. The zero-order valence-corrected chi connectivity index (χ0v) is 30.4. The van der Waals surface area contributed by atoms with Crippen molar-refractivity contribution < 1.29 is 0 Å². The highest BCUT2D eigenvalue weighted by Crippen LogP contribution is 2.44. The average Bonchev–Trinajstić information content (AvgIpc) is 3.81. The summed E-state index contributed by atoms with van der Waals surface area (Å²) in [7, 11) is 0. The molecular weight excluding hydrogens is 691 g/mol. The Bertz CT molecular complexity index is 3100. The molecule has 0 amide bonds. The van der Waals surface area contributed by atoms with Crippen LogP contribution in [0.3, 0.4) is 0 Å². The van der Waals surface area contributed by atoms with Gasteiger partial charge in [0.2, 0.25) is 5.95 Å². The van der Waals surface area contributed by atoms with Crippen LogP contribution in [0.15, 0.2) is 188 Å². The van der Waals surface area contributed by atoms with E-state index in [1.165, 1.54) is 25.6 Å². The van der Waals surface area contributed by atoms with Gasteiger partial charge < -0.3 is 4.90 Å². The number of nitrogens with zero attached hydrogens (tertiary/aromatic N) is 5. The fourth-order valence-electron chi connectivity index (χ4n) is 7.93. The first-order chi connectivity index (χ1) is 27.3. The van der Waals surface area contributed by atoms with Gasteiger partial charge in [-0.2, -0.15) is 9.97 Å². The molecule has 0 radical (unpaired) electrons. The summed E-state index contributed by atoms with van der Waals surface area (Å²) >= 11 is 1.85. The van der Waals surface area contributed by atoms with Crippen molar-refractivity contribution in [2.24, 2.45) is 0 Å². The largest absolute Gasteiger partial charge is 0.310 e. The molecule has 0 unspecified atom stereocenters. The first kappa shape index (κ1) is 31.4. The lowest BCUT2D eigenvalue weighted by molar-refractivity contribution is 0.955. The van der Waals surface area contributed by atoms with Crippen molar-refractivity contribution in [1.29, 1.82) is 0 Å². The third-order valence-corrected chi connectivity index (χ3v) is 11.6. The third kappa shape index (κ3) is 5.18. The maximum atomic E-state index is 5.26. The quantitative estimate of drug-likeness (QED) is 0.171. The molecule has 258 valence electrons. The molecule has 0 saturated carbocycles. The Kier molecular flexibility index (Phi) is 7.28. The van der Waals surface area contributed by atoms with Gasteiger partial charge in [0.15, 0.2) is 11.6 Å². The van der Waals surface area contributed by atoms with Crippen LogP contribution >= 0.6 is 11.3 Å². The lowest BCUT2D eigenvalue weighted by Gasteiger charge is -2.25. The third-order valence-electron chi connectivity index (χ3n) is 10.4. The van der Waals surface area contributed by atoms with Crippen LogP contribution in [-0.2, 0) is 0 Å². The molecule has 0 fully saturated rings. The molecule has 11 aromatic rings. The average molecular weight is 722 g/mol. The van der Waals surface area contributed by atoms with E-state index in [1.807, 2.05) is 47.7 Å². The zero-order chi connectivity index (χ0) is 36.3. The lowest BCUT2D eigenvalue weighted by Crippen LogP contribution is -2.09. The minimum absolute atomic E-state index is 0.576. The van der Waals surface area contributed by atoms with E-state index in [4.69, 9.17) is 15.0 Å². The topological polar surface area (TPSA) is 46.8 Å². The minimum atomic E-state index is 0.576. The van der Waals surface area contributed by atoms with Gasteiger partial charge in [-0.3, -0.25) is 4.57 Å². The second-order valence-electron chi connectivity index (χ2n) is 13.7. The summed E-state index contributed by atoms with van der Waals surface area (Å²) in [5, 5.41) is 7.18. The van der Waals surface area contributed by atoms with Crippen LogP contribution in [0.4, 0.5) is 17.1 Å². The summed E-state index contributed by atoms with van der Waals surface area (Å²) in [4.78, 5) is 17.9. The van der Waals surface area contributed by atoms with E-state index in [1.54, 1.807) is 0 Å². The van der Waals surface area contributed by atoms with E-state index in [0.29, 0.717) is 17.6 Å². The van der Waals surface area contributed by atoms with Gasteiger partial charge in [-0.05, 0) is 48.5 Å². The molecule has 3 aromatic heterocycles. The smallest absolute Gasteiger partial charge is 0.238 e. The fraction of sp³-hybridized carbons (Fsp3) is 0. The second kappa shape index (κ2) is 12.8. The summed E-state index contributed by atoms with van der Waals surface area (Å²) in [6.45, 7) is 0. The summed E-state index contributed by atoms with van der Waals surface area (Å²) in [6.07, 6.45) is 0. The molecule has 0 aliphatic rings. The molecule has 5 nitrogen and oxygen atoms in total. The molecule has 0 saturated heterocycles. The van der Waals surface area contributed by atoms with Crippen LogP contribution in [0.5, 0.6) is 0 Å². The molecule has 3 heterocycles. The molecule has 55 heavy (non-hydrogen) atoms. The molecule has 0 aliphatic carbocycles. The van der Waals surface area contributed by atoms with Crippen LogP contribution in [0, 0.1) is 0 Å². The Balaban J connectivity index is 1.25. The van der Waals surface area contributed by atoms with E-state index in [2.05, 4.69) is 161 Å². The van der Waals surface area contributed by atoms with Gasteiger partial charge in [-0.25, -0.2) is 4.98 Å². The molecule has 8 aromatic carbocycles. The number of hydrogen-bond donors (Lipinski definition) is 0. The van der Waals surface area contributed by atoms with Crippen LogP contribution < -0.4 is 4.90 Å². The maximum absolute atomic E-state index is 5.26. The number of fused-ring (bicyclic) bond motifs is 9. The fourth-order valence-corrected chi connectivity index (χ4v) is 9.16. The van der Waals surface area contributed by atoms with Gasteiger partial charge in [-0.15, -0.1) is 11.3 Å². The van der Waals surface area contributed by atoms with Crippen LogP contribution in [0.1, 0.15) is 0 Å². The molecule has 0 spiro atoms. The molecule has 0 atom stereocenters. The zero-order valence-electron chi connectivity index (χ0n) is 29.5. The molecular formula is C49H31N5S. The number of rotatable bonds is 6. The number of benzene rings is 8. The van der Waals surface area contributed by atoms with Crippen molar-refractivity contribution in [3.63, 3.8) is 0 Å². The van der Waals surface area contributed by atoms with Crippen molar-refractivity contribution in [3.8, 4) is 28.7 Å². The number of para-hydroxylation sites is 2. The summed E-state index contributed by atoms with van der Waals surface area (Å²) < 4.78 is 4.82. The van der Waals surface area contributed by atoms with Crippen molar-refractivity contribution >= 4 is 81.1 Å². The molecule has 11 rings (SSSR count). The van der Waals surface area contributed by atoms with E-state index in [0.717, 1.165) is 55.4 Å². The predicted octanol–water partition coefficient (Wildman–Crippen LogP) is 13.3. The van der Waals surface area contributed by atoms with Crippen LogP contribution in [0.25, 0.3) is 81.5 Å². The van der Waals surface area contributed by atoms with E-state index < -0.39 is 0 Å². The van der Waals surface area contributed by atoms with E-state index in [-0.39, 0.29) is 0 Å². The standard InChI is InChI=1S/C49H31N5S/c1-5-15-32(16-6-1)47-50-48(33-17-7-2-8-18-33)52-49(51-47)54-43-30-25-36(53(34-19-9-3-10-20-34)35-21-11-4-12-22-35)31-42(43)39-27-29-41-38(45(39)54)26-28-40-37-23-13-14-24-44(37)55-46(40)41/h1-31H. The van der Waals surface area contributed by atoms with Gasteiger partial charge >= 0.3 is 0 Å². The molecule has 0 bridgehead atoms. The van der Waals surface area contributed by atoms with Crippen molar-refractivity contribution in [2.75, 3.05) is 4.90 Å². The maximum Gasteiger partial charge on any atom is 0.238 e. The van der Waals surface area contributed by atoms with Gasteiger partial charge in [-0.1, -0.05) is 140 Å². The highest BCUT2D eigenvalue weighted by Gasteiger charge is 2.22. The van der Waals surface area contributed by atoms with Gasteiger partial charge in [0, 0.05) is 69.9 Å². The Labute approximate surface area is 321 Å². The Morgan fingerprint density at radius 3 is 1.53 bits per heavy atom. The van der Waals surface area contributed by atoms with Crippen LogP contribution in [-0.4, -0.2) is 19.5 Å². The van der Waals surface area contributed by atoms with Gasteiger partial charge in [0.1, 0.15) is 0 Å². The Hall–Kier alpha value is -7.15. The van der Waals surface area contributed by atoms with E-state index >= 15 is 0 Å². The number of aromatic nitrogens is 4. The summed E-state index contributed by atoms with van der Waals surface area (Å²) in [5.41, 5.74) is 7.20. The number of anilines is 3. The Morgan fingerprint density at radius 2 is 0.909 bits per heavy atom. The molecule has 0 N–H and O–H groups in total.